The van der Waals surface area contributed by atoms with E-state index in [0.29, 0.717) is 5.41 Å². The summed E-state index contributed by atoms with van der Waals surface area (Å²) in [5.74, 6) is 1.83. The van der Waals surface area contributed by atoms with Gasteiger partial charge in [-0.05, 0) is 47.1 Å². The molecule has 0 fully saturated rings. The number of benzene rings is 1. The van der Waals surface area contributed by atoms with E-state index in [-0.39, 0.29) is 5.41 Å². The van der Waals surface area contributed by atoms with Gasteiger partial charge in [-0.1, -0.05) is 46.8 Å². The minimum absolute atomic E-state index is 0.196. The van der Waals surface area contributed by atoms with Gasteiger partial charge in [0.15, 0.2) is 0 Å². The lowest BCUT2D eigenvalue weighted by Gasteiger charge is -2.33. The second-order valence-electron chi connectivity index (χ2n) is 7.07. The van der Waals surface area contributed by atoms with Crippen molar-refractivity contribution >= 4 is 12.6 Å². The first-order chi connectivity index (χ1) is 8.74. The van der Waals surface area contributed by atoms with Crippen molar-refractivity contribution in [2.75, 3.05) is 12.4 Å². The highest BCUT2D eigenvalue weighted by molar-refractivity contribution is 7.80. The Morgan fingerprint density at radius 3 is 2.05 bits per heavy atom. The van der Waals surface area contributed by atoms with Crippen LogP contribution in [0.15, 0.2) is 24.3 Å². The highest BCUT2D eigenvalue weighted by atomic mass is 32.1. The molecule has 0 amide bonds. The number of thiol groups is 1. The maximum Gasteiger partial charge on any atom is 0.119 e. The van der Waals surface area contributed by atoms with Crippen molar-refractivity contribution in [3.8, 4) is 5.75 Å². The molecule has 1 aromatic carbocycles. The molecule has 0 aliphatic carbocycles. The first kappa shape index (κ1) is 16.4. The molecule has 0 heterocycles. The smallest absolute Gasteiger partial charge is 0.119 e. The van der Waals surface area contributed by atoms with Crippen molar-refractivity contribution in [2.45, 2.75) is 52.9 Å². The zero-order chi connectivity index (χ0) is 14.5. The van der Waals surface area contributed by atoms with Crippen LogP contribution in [0.2, 0.25) is 0 Å². The molecule has 0 radical (unpaired) electrons. The van der Waals surface area contributed by atoms with Gasteiger partial charge in [0.25, 0.3) is 0 Å². The largest absolute Gasteiger partial charge is 0.494 e. The average molecular weight is 280 g/mol. The summed E-state index contributed by atoms with van der Waals surface area (Å²) in [6.07, 6.45) is 2.15. The zero-order valence-corrected chi connectivity index (χ0v) is 13.9. The van der Waals surface area contributed by atoms with Crippen LogP contribution in [-0.2, 0) is 5.41 Å². The molecule has 0 unspecified atom stereocenters. The first-order valence-corrected chi connectivity index (χ1v) is 7.72. The summed E-state index contributed by atoms with van der Waals surface area (Å²) < 4.78 is 5.67. The molecule has 108 valence electrons. The summed E-state index contributed by atoms with van der Waals surface area (Å²) in [6.45, 7) is 12.3. The summed E-state index contributed by atoms with van der Waals surface area (Å²) in [6, 6.07) is 8.56. The van der Waals surface area contributed by atoms with E-state index >= 15 is 0 Å². The monoisotopic (exact) mass is 280 g/mol. The molecule has 0 aromatic heterocycles. The Labute approximate surface area is 124 Å². The number of rotatable bonds is 6. The second-order valence-corrected chi connectivity index (χ2v) is 7.52. The lowest BCUT2D eigenvalue weighted by molar-refractivity contribution is 0.283. The molecule has 19 heavy (non-hydrogen) atoms. The highest BCUT2D eigenvalue weighted by Crippen LogP contribution is 2.36. The number of hydrogen-bond donors (Lipinski definition) is 1. The predicted octanol–water partition coefficient (Wildman–Crippen LogP) is 5.10. The molecule has 0 aliphatic rings. The fourth-order valence-electron chi connectivity index (χ4n) is 2.68. The zero-order valence-electron chi connectivity index (χ0n) is 13.0. The van der Waals surface area contributed by atoms with Crippen molar-refractivity contribution in [1.82, 2.24) is 0 Å². The standard InChI is InChI=1S/C17H28OS/c1-16(2,3)13-17(4,5)14-7-9-15(10-8-14)18-11-6-12-19/h7-10,19H,6,11-13H2,1-5H3. The third-order valence-electron chi connectivity index (χ3n) is 3.18. The van der Waals surface area contributed by atoms with Gasteiger partial charge in [-0.25, -0.2) is 0 Å². The van der Waals surface area contributed by atoms with Crippen LogP contribution >= 0.6 is 12.6 Å². The van der Waals surface area contributed by atoms with Gasteiger partial charge in [0.1, 0.15) is 5.75 Å². The van der Waals surface area contributed by atoms with Gasteiger partial charge in [0.2, 0.25) is 0 Å². The SMILES string of the molecule is CC(C)(C)CC(C)(C)c1ccc(OCCCS)cc1. The lowest BCUT2D eigenvalue weighted by atomic mass is 9.72. The van der Waals surface area contributed by atoms with E-state index in [1.807, 2.05) is 0 Å². The fourth-order valence-corrected chi connectivity index (χ4v) is 2.81. The van der Waals surface area contributed by atoms with Crippen LogP contribution in [0.4, 0.5) is 0 Å². The van der Waals surface area contributed by atoms with E-state index in [0.717, 1.165) is 24.5 Å². The van der Waals surface area contributed by atoms with E-state index in [2.05, 4.69) is 71.5 Å². The molecule has 1 aromatic rings. The summed E-state index contributed by atoms with van der Waals surface area (Å²) in [5, 5.41) is 0. The topological polar surface area (TPSA) is 9.23 Å². The quantitative estimate of drug-likeness (QED) is 0.563. The lowest BCUT2D eigenvalue weighted by Crippen LogP contribution is -2.24. The van der Waals surface area contributed by atoms with E-state index < -0.39 is 0 Å². The van der Waals surface area contributed by atoms with Crippen molar-refractivity contribution < 1.29 is 4.74 Å². The van der Waals surface area contributed by atoms with Crippen LogP contribution in [-0.4, -0.2) is 12.4 Å². The van der Waals surface area contributed by atoms with E-state index in [1.54, 1.807) is 0 Å². The predicted molar refractivity (Wildman–Crippen MR) is 87.5 cm³/mol. The van der Waals surface area contributed by atoms with Crippen LogP contribution in [0.5, 0.6) is 5.75 Å². The van der Waals surface area contributed by atoms with Crippen LogP contribution in [0.25, 0.3) is 0 Å². The van der Waals surface area contributed by atoms with Gasteiger partial charge < -0.3 is 4.74 Å². The normalized spacial score (nSPS) is 12.5. The Hall–Kier alpha value is -0.630. The Balaban J connectivity index is 2.69. The molecular formula is C17H28OS. The molecule has 0 bridgehead atoms. The number of hydrogen-bond acceptors (Lipinski definition) is 2. The Bertz CT molecular complexity index is 373. The molecule has 0 N–H and O–H groups in total. The van der Waals surface area contributed by atoms with Gasteiger partial charge in [-0.15, -0.1) is 0 Å². The van der Waals surface area contributed by atoms with Crippen LogP contribution in [0, 0.1) is 5.41 Å². The Morgan fingerprint density at radius 1 is 1.00 bits per heavy atom. The Kier molecular flexibility index (Phi) is 5.79. The van der Waals surface area contributed by atoms with E-state index in [1.165, 1.54) is 12.0 Å². The van der Waals surface area contributed by atoms with Crippen molar-refractivity contribution in [1.29, 1.82) is 0 Å². The molecular weight excluding hydrogens is 252 g/mol. The molecule has 0 atom stereocenters. The molecule has 0 saturated carbocycles. The van der Waals surface area contributed by atoms with Crippen molar-refractivity contribution in [2.24, 2.45) is 5.41 Å². The van der Waals surface area contributed by atoms with Crippen molar-refractivity contribution in [3.63, 3.8) is 0 Å². The molecule has 1 rings (SSSR count). The molecule has 2 heteroatoms. The number of ether oxygens (including phenoxy) is 1. The van der Waals surface area contributed by atoms with E-state index in [9.17, 15) is 0 Å². The minimum atomic E-state index is 0.196. The van der Waals surface area contributed by atoms with Crippen LogP contribution in [0.1, 0.15) is 53.0 Å². The van der Waals surface area contributed by atoms with Crippen molar-refractivity contribution in [3.05, 3.63) is 29.8 Å². The third-order valence-corrected chi connectivity index (χ3v) is 3.50. The second kappa shape index (κ2) is 6.69. The molecule has 0 spiro atoms. The maximum absolute atomic E-state index is 5.67. The maximum atomic E-state index is 5.67. The van der Waals surface area contributed by atoms with Gasteiger partial charge in [0, 0.05) is 0 Å². The molecule has 0 aliphatic heterocycles. The van der Waals surface area contributed by atoms with Crippen LogP contribution in [0.3, 0.4) is 0 Å². The summed E-state index contributed by atoms with van der Waals surface area (Å²) in [4.78, 5) is 0. The highest BCUT2D eigenvalue weighted by Gasteiger charge is 2.27. The van der Waals surface area contributed by atoms with Gasteiger partial charge in [0.05, 0.1) is 6.61 Å². The first-order valence-electron chi connectivity index (χ1n) is 7.09. The van der Waals surface area contributed by atoms with Gasteiger partial charge in [-0.3, -0.25) is 0 Å². The third kappa shape index (κ3) is 5.90. The van der Waals surface area contributed by atoms with Gasteiger partial charge >= 0.3 is 0 Å². The fraction of sp³-hybridized carbons (Fsp3) is 0.647. The van der Waals surface area contributed by atoms with Gasteiger partial charge in [-0.2, -0.15) is 12.6 Å². The Morgan fingerprint density at radius 2 is 1.58 bits per heavy atom. The molecule has 1 nitrogen and oxygen atoms in total. The summed E-state index contributed by atoms with van der Waals surface area (Å²) in [7, 11) is 0. The molecule has 0 saturated heterocycles. The minimum Gasteiger partial charge on any atom is -0.494 e. The summed E-state index contributed by atoms with van der Waals surface area (Å²) in [5.41, 5.74) is 1.91. The van der Waals surface area contributed by atoms with E-state index in [4.69, 9.17) is 4.74 Å². The summed E-state index contributed by atoms with van der Waals surface area (Å²) >= 11 is 4.18. The van der Waals surface area contributed by atoms with Crippen LogP contribution < -0.4 is 4.74 Å². The average Bonchev–Trinajstić information content (AvgIpc) is 2.27.